The van der Waals surface area contributed by atoms with Gasteiger partial charge in [-0.25, -0.2) is 4.39 Å². The van der Waals surface area contributed by atoms with E-state index in [0.717, 1.165) is 37.9 Å². The fourth-order valence-corrected chi connectivity index (χ4v) is 3.04. The first-order chi connectivity index (χ1) is 9.54. The second-order valence-electron chi connectivity index (χ2n) is 5.69. The Balaban J connectivity index is 2.32. The van der Waals surface area contributed by atoms with E-state index in [1.807, 2.05) is 6.07 Å². The summed E-state index contributed by atoms with van der Waals surface area (Å²) in [4.78, 5) is 2.27. The zero-order valence-corrected chi connectivity index (χ0v) is 12.3. The maximum atomic E-state index is 13.7. The van der Waals surface area contributed by atoms with Crippen LogP contribution in [0.4, 0.5) is 10.1 Å². The number of aryl methyl sites for hydroxylation is 1. The maximum Gasteiger partial charge on any atom is 0.126 e. The van der Waals surface area contributed by atoms with Crippen LogP contribution >= 0.6 is 0 Å². The summed E-state index contributed by atoms with van der Waals surface area (Å²) in [5.41, 5.74) is 2.21. The van der Waals surface area contributed by atoms with Gasteiger partial charge in [0.25, 0.3) is 0 Å². The largest absolute Gasteiger partial charge is 0.396 e. The van der Waals surface area contributed by atoms with Gasteiger partial charge in [-0.15, -0.1) is 0 Å². The van der Waals surface area contributed by atoms with Crippen LogP contribution in [0, 0.1) is 12.7 Å². The zero-order valence-electron chi connectivity index (χ0n) is 12.3. The molecule has 1 saturated heterocycles. The molecule has 3 nitrogen and oxygen atoms in total. The van der Waals surface area contributed by atoms with Crippen LogP contribution in [0.25, 0.3) is 0 Å². The lowest BCUT2D eigenvalue weighted by Gasteiger charge is -2.30. The summed E-state index contributed by atoms with van der Waals surface area (Å²) in [6, 6.07) is 3.68. The number of benzene rings is 1. The summed E-state index contributed by atoms with van der Waals surface area (Å²) < 4.78 is 13.7. The molecule has 0 aliphatic carbocycles. The molecule has 1 heterocycles. The number of rotatable bonds is 5. The molecule has 112 valence electrons. The summed E-state index contributed by atoms with van der Waals surface area (Å²) in [7, 11) is 0. The summed E-state index contributed by atoms with van der Waals surface area (Å²) >= 11 is 0. The second-order valence-corrected chi connectivity index (χ2v) is 5.69. The lowest BCUT2D eigenvalue weighted by Crippen LogP contribution is -2.30. The van der Waals surface area contributed by atoms with Crippen LogP contribution in [0.15, 0.2) is 12.1 Å². The fraction of sp³-hybridized carbons (Fsp3) is 0.625. The maximum absolute atomic E-state index is 13.7. The first kappa shape index (κ1) is 15.3. The van der Waals surface area contributed by atoms with E-state index in [1.165, 1.54) is 6.07 Å². The second kappa shape index (κ2) is 6.55. The molecule has 4 heteroatoms. The van der Waals surface area contributed by atoms with E-state index in [9.17, 15) is 9.50 Å². The molecule has 2 N–H and O–H groups in total. The number of aliphatic hydroxyl groups is 2. The van der Waals surface area contributed by atoms with Crippen LogP contribution in [-0.2, 0) is 0 Å². The third-order valence-corrected chi connectivity index (χ3v) is 4.14. The SMILES string of the molecule is Cc1cc(N2CCCC2CCCO)c(C(C)O)cc1F. The summed E-state index contributed by atoms with van der Waals surface area (Å²) in [6.45, 7) is 4.56. The van der Waals surface area contributed by atoms with Crippen LogP contribution in [0.3, 0.4) is 0 Å². The molecule has 1 aromatic carbocycles. The van der Waals surface area contributed by atoms with Crippen molar-refractivity contribution >= 4 is 5.69 Å². The lowest BCUT2D eigenvalue weighted by molar-refractivity contribution is 0.199. The Bertz CT molecular complexity index is 462. The van der Waals surface area contributed by atoms with Gasteiger partial charge in [0, 0.05) is 30.4 Å². The molecule has 0 aromatic heterocycles. The van der Waals surface area contributed by atoms with Crippen molar-refractivity contribution in [2.45, 2.75) is 51.7 Å². The van der Waals surface area contributed by atoms with Gasteiger partial charge in [-0.1, -0.05) is 0 Å². The minimum atomic E-state index is -0.681. The van der Waals surface area contributed by atoms with Gasteiger partial charge in [0.15, 0.2) is 0 Å². The molecule has 0 bridgehead atoms. The number of hydrogen-bond acceptors (Lipinski definition) is 3. The van der Waals surface area contributed by atoms with Crippen LogP contribution in [0.2, 0.25) is 0 Å². The Kier molecular flexibility index (Phi) is 5.00. The van der Waals surface area contributed by atoms with E-state index < -0.39 is 6.10 Å². The van der Waals surface area contributed by atoms with Crippen molar-refractivity contribution in [3.05, 3.63) is 29.1 Å². The quantitative estimate of drug-likeness (QED) is 0.872. The molecular weight excluding hydrogens is 257 g/mol. The first-order valence-corrected chi connectivity index (χ1v) is 7.40. The topological polar surface area (TPSA) is 43.7 Å². The molecule has 1 aromatic rings. The van der Waals surface area contributed by atoms with Crippen molar-refractivity contribution in [3.8, 4) is 0 Å². The molecule has 2 rings (SSSR count). The molecule has 0 saturated carbocycles. The summed E-state index contributed by atoms with van der Waals surface area (Å²) in [5.74, 6) is -0.268. The van der Waals surface area contributed by atoms with Crippen LogP contribution < -0.4 is 4.90 Å². The fourth-order valence-electron chi connectivity index (χ4n) is 3.04. The zero-order chi connectivity index (χ0) is 14.7. The van der Waals surface area contributed by atoms with E-state index in [4.69, 9.17) is 5.11 Å². The van der Waals surface area contributed by atoms with Crippen molar-refractivity contribution in [1.29, 1.82) is 0 Å². The highest BCUT2D eigenvalue weighted by atomic mass is 19.1. The van der Waals surface area contributed by atoms with Gasteiger partial charge in [-0.05, 0) is 57.2 Å². The van der Waals surface area contributed by atoms with Crippen molar-refractivity contribution in [2.75, 3.05) is 18.1 Å². The normalized spacial score (nSPS) is 20.4. The molecule has 0 radical (unpaired) electrons. The predicted octanol–water partition coefficient (Wildman–Crippen LogP) is 2.93. The Labute approximate surface area is 120 Å². The Morgan fingerprint density at radius 1 is 1.45 bits per heavy atom. The van der Waals surface area contributed by atoms with Crippen LogP contribution in [-0.4, -0.2) is 29.4 Å². The predicted molar refractivity (Wildman–Crippen MR) is 78.5 cm³/mol. The van der Waals surface area contributed by atoms with E-state index in [2.05, 4.69) is 4.90 Å². The van der Waals surface area contributed by atoms with Gasteiger partial charge >= 0.3 is 0 Å². The summed E-state index contributed by atoms with van der Waals surface area (Å²) in [6.07, 6.45) is 3.23. The molecular formula is C16H24FNO2. The van der Waals surface area contributed by atoms with Crippen LogP contribution in [0.1, 0.15) is 49.8 Å². The van der Waals surface area contributed by atoms with Crippen molar-refractivity contribution < 1.29 is 14.6 Å². The van der Waals surface area contributed by atoms with Gasteiger partial charge in [0.05, 0.1) is 6.10 Å². The first-order valence-electron chi connectivity index (χ1n) is 7.40. The standard InChI is InChI=1S/C16H24FNO2/c1-11-9-16(14(12(2)20)10-15(11)17)18-7-3-5-13(18)6-4-8-19/h9-10,12-13,19-20H,3-8H2,1-2H3. The number of nitrogens with zero attached hydrogens (tertiary/aromatic N) is 1. The van der Waals surface area contributed by atoms with E-state index >= 15 is 0 Å². The smallest absolute Gasteiger partial charge is 0.126 e. The minimum Gasteiger partial charge on any atom is -0.396 e. The van der Waals surface area contributed by atoms with Gasteiger partial charge in [-0.2, -0.15) is 0 Å². The van der Waals surface area contributed by atoms with Gasteiger partial charge < -0.3 is 15.1 Å². The molecule has 1 aliphatic rings. The number of halogens is 1. The Hall–Kier alpha value is -1.13. The highest BCUT2D eigenvalue weighted by Crippen LogP contribution is 2.35. The Morgan fingerprint density at radius 3 is 2.85 bits per heavy atom. The monoisotopic (exact) mass is 281 g/mol. The van der Waals surface area contributed by atoms with E-state index in [-0.39, 0.29) is 12.4 Å². The van der Waals surface area contributed by atoms with E-state index in [1.54, 1.807) is 13.8 Å². The van der Waals surface area contributed by atoms with Crippen molar-refractivity contribution in [3.63, 3.8) is 0 Å². The van der Waals surface area contributed by atoms with Gasteiger partial charge in [0.1, 0.15) is 5.82 Å². The number of hydrogen-bond donors (Lipinski definition) is 2. The van der Waals surface area contributed by atoms with Gasteiger partial charge in [0.2, 0.25) is 0 Å². The molecule has 20 heavy (non-hydrogen) atoms. The highest BCUT2D eigenvalue weighted by molar-refractivity contribution is 5.58. The molecule has 0 spiro atoms. The highest BCUT2D eigenvalue weighted by Gasteiger charge is 2.27. The molecule has 2 unspecified atom stereocenters. The Morgan fingerprint density at radius 2 is 2.20 bits per heavy atom. The third-order valence-electron chi connectivity index (χ3n) is 4.14. The van der Waals surface area contributed by atoms with E-state index in [0.29, 0.717) is 17.2 Å². The average molecular weight is 281 g/mol. The third kappa shape index (κ3) is 3.13. The lowest BCUT2D eigenvalue weighted by atomic mass is 10.0. The number of aliphatic hydroxyl groups excluding tert-OH is 2. The van der Waals surface area contributed by atoms with Crippen molar-refractivity contribution in [2.24, 2.45) is 0 Å². The average Bonchev–Trinajstić information content (AvgIpc) is 2.87. The minimum absolute atomic E-state index is 0.204. The molecule has 1 aliphatic heterocycles. The van der Waals surface area contributed by atoms with Gasteiger partial charge in [-0.3, -0.25) is 0 Å². The molecule has 0 amide bonds. The number of anilines is 1. The van der Waals surface area contributed by atoms with Crippen LogP contribution in [0.5, 0.6) is 0 Å². The molecule has 2 atom stereocenters. The van der Waals surface area contributed by atoms with Crippen molar-refractivity contribution in [1.82, 2.24) is 0 Å². The summed E-state index contributed by atoms with van der Waals surface area (Å²) in [5, 5.41) is 18.9. The molecule has 1 fully saturated rings.